The minimum atomic E-state index is -2.02. The average molecular weight is 259 g/mol. The number of ether oxygens (including phenoxy) is 1. The van der Waals surface area contributed by atoms with Gasteiger partial charge >= 0.3 is 6.09 Å². The van der Waals surface area contributed by atoms with E-state index in [2.05, 4.69) is 5.32 Å². The van der Waals surface area contributed by atoms with Crippen LogP contribution in [-0.2, 0) is 4.74 Å². The minimum absolute atomic E-state index is 0.133. The first-order valence-electron chi connectivity index (χ1n) is 8.18. The van der Waals surface area contributed by atoms with Gasteiger partial charge in [-0.3, -0.25) is 0 Å². The normalized spacial score (nSPS) is 28.2. The molecule has 1 aliphatic rings. The second-order valence-electron chi connectivity index (χ2n) is 6.24. The van der Waals surface area contributed by atoms with Crippen LogP contribution in [0.4, 0.5) is 4.79 Å². The fourth-order valence-corrected chi connectivity index (χ4v) is 2.35. The van der Waals surface area contributed by atoms with E-state index in [-0.39, 0.29) is 12.1 Å². The first-order valence-corrected chi connectivity index (χ1v) is 6.68. The summed E-state index contributed by atoms with van der Waals surface area (Å²) >= 11 is 0. The van der Waals surface area contributed by atoms with Crippen LogP contribution < -0.4 is 5.32 Å². The molecule has 0 saturated heterocycles. The summed E-state index contributed by atoms with van der Waals surface area (Å²) < 4.78 is 27.3. The summed E-state index contributed by atoms with van der Waals surface area (Å²) in [5.41, 5.74) is -0.482. The summed E-state index contributed by atoms with van der Waals surface area (Å²) in [5, 5.41) is 2.89. The second-order valence-corrected chi connectivity index (χ2v) is 6.24. The fraction of sp³-hybridized carbons (Fsp3) is 0.929. The molecule has 0 radical (unpaired) electrons. The van der Waals surface area contributed by atoms with E-state index in [1.165, 1.54) is 4.90 Å². The number of carbonyl (C=O) groups excluding carboxylic acids is 1. The number of rotatable bonds is 3. The van der Waals surface area contributed by atoms with Crippen molar-refractivity contribution in [1.29, 1.82) is 0 Å². The van der Waals surface area contributed by atoms with Gasteiger partial charge in [0.15, 0.2) is 0 Å². The van der Waals surface area contributed by atoms with Gasteiger partial charge in [0.1, 0.15) is 5.60 Å². The molecule has 1 fully saturated rings. The van der Waals surface area contributed by atoms with E-state index < -0.39 is 12.6 Å². The Kier molecular flexibility index (Phi) is 3.95. The molecule has 0 spiro atoms. The molecule has 0 aromatic heterocycles. The zero-order valence-electron chi connectivity index (χ0n) is 15.0. The van der Waals surface area contributed by atoms with Crippen molar-refractivity contribution in [2.45, 2.75) is 58.1 Å². The zero-order chi connectivity index (χ0) is 16.3. The highest BCUT2D eigenvalue weighted by Gasteiger charge is 2.24. The van der Waals surface area contributed by atoms with Gasteiger partial charge in [-0.25, -0.2) is 4.79 Å². The molecule has 0 heterocycles. The van der Waals surface area contributed by atoms with Crippen molar-refractivity contribution in [3.05, 3.63) is 0 Å². The third-order valence-corrected chi connectivity index (χ3v) is 3.10. The van der Waals surface area contributed by atoms with Crippen LogP contribution >= 0.6 is 0 Å². The highest BCUT2D eigenvalue weighted by molar-refractivity contribution is 5.68. The third kappa shape index (κ3) is 6.24. The summed E-state index contributed by atoms with van der Waals surface area (Å²) in [6.45, 7) is 4.08. The predicted molar refractivity (Wildman–Crippen MR) is 73.7 cm³/mol. The van der Waals surface area contributed by atoms with E-state index in [0.717, 1.165) is 25.7 Å². The van der Waals surface area contributed by atoms with E-state index in [9.17, 15) is 4.79 Å². The Hall–Kier alpha value is -0.770. The van der Waals surface area contributed by atoms with Crippen molar-refractivity contribution >= 4 is 6.09 Å². The fourth-order valence-electron chi connectivity index (χ4n) is 2.35. The van der Waals surface area contributed by atoms with Crippen molar-refractivity contribution in [1.82, 2.24) is 10.2 Å². The highest BCUT2D eigenvalue weighted by Crippen LogP contribution is 2.24. The first kappa shape index (κ1) is 11.1. The summed E-state index contributed by atoms with van der Waals surface area (Å²) in [7, 11) is 1.64. The largest absolute Gasteiger partial charge is 0.444 e. The molecule has 0 bridgehead atoms. The van der Waals surface area contributed by atoms with E-state index in [4.69, 9.17) is 8.85 Å². The molecule has 1 saturated carbocycles. The molecule has 1 N–H and O–H groups in total. The lowest BCUT2D eigenvalue weighted by molar-refractivity contribution is 0.0485. The maximum Gasteiger partial charge on any atom is 0.407 e. The van der Waals surface area contributed by atoms with Gasteiger partial charge in [-0.2, -0.15) is 0 Å². The average Bonchev–Trinajstić information content (AvgIpc) is 2.27. The van der Waals surface area contributed by atoms with E-state index >= 15 is 0 Å². The van der Waals surface area contributed by atoms with Crippen LogP contribution in [0.15, 0.2) is 0 Å². The van der Waals surface area contributed by atoms with Crippen LogP contribution in [0.3, 0.4) is 0 Å². The number of carbonyl (C=O) groups is 1. The monoisotopic (exact) mass is 259 g/mol. The van der Waals surface area contributed by atoms with Crippen LogP contribution in [0.5, 0.6) is 0 Å². The first-order chi connectivity index (χ1) is 9.47. The molecule has 0 unspecified atom stereocenters. The summed E-state index contributed by atoms with van der Waals surface area (Å²) in [6.07, 6.45) is 3.24. The Morgan fingerprint density at radius 2 is 2.00 bits per heavy atom. The molecule has 1 amide bonds. The minimum Gasteiger partial charge on any atom is -0.444 e. The van der Waals surface area contributed by atoms with Crippen molar-refractivity contribution in [2.24, 2.45) is 5.92 Å². The number of hydrogen-bond acceptors (Lipinski definition) is 3. The van der Waals surface area contributed by atoms with Crippen LogP contribution in [0.2, 0.25) is 0 Å². The van der Waals surface area contributed by atoms with Crippen LogP contribution in [0.1, 0.15) is 50.6 Å². The molecule has 0 aliphatic heterocycles. The number of hydrogen-bond donors (Lipinski definition) is 1. The predicted octanol–water partition coefficient (Wildman–Crippen LogP) is 2.63. The molecule has 1 rings (SSSR count). The number of nitrogens with zero attached hydrogens (tertiary/aromatic N) is 1. The van der Waals surface area contributed by atoms with Gasteiger partial charge in [0.25, 0.3) is 0 Å². The Balaban J connectivity index is 2.31. The number of nitrogens with one attached hydrogen (secondary N) is 1. The van der Waals surface area contributed by atoms with Crippen molar-refractivity contribution < 1.29 is 13.6 Å². The van der Waals surface area contributed by atoms with E-state index in [0.29, 0.717) is 12.5 Å². The van der Waals surface area contributed by atoms with Crippen molar-refractivity contribution in [2.75, 3.05) is 20.6 Å². The van der Waals surface area contributed by atoms with Gasteiger partial charge in [-0.1, -0.05) is 0 Å². The Bertz CT molecular complexity index is 345. The van der Waals surface area contributed by atoms with E-state index in [1.54, 1.807) is 7.05 Å². The molecule has 106 valence electrons. The van der Waals surface area contributed by atoms with Crippen LogP contribution in [-0.4, -0.2) is 43.2 Å². The molecule has 4 nitrogen and oxygen atoms in total. The standard InChI is InChI=1S/C14H28N2O2/c1-14(2,3)18-13(17)15-12-8-6-11(7-9-12)10-16(4)5/h11-12H,6-10H2,1-5H3,(H,15,17)/t11-,12-/i4D3. The van der Waals surface area contributed by atoms with Gasteiger partial charge in [0.05, 0.1) is 0 Å². The topological polar surface area (TPSA) is 41.6 Å². The molecule has 0 aromatic rings. The quantitative estimate of drug-likeness (QED) is 0.847. The summed E-state index contributed by atoms with van der Waals surface area (Å²) in [6, 6.07) is 0.133. The lowest BCUT2D eigenvalue weighted by atomic mass is 9.86. The number of alkyl carbamates (subject to hydrolysis) is 1. The highest BCUT2D eigenvalue weighted by atomic mass is 16.6. The maximum absolute atomic E-state index is 11.7. The maximum atomic E-state index is 11.7. The zero-order valence-corrected chi connectivity index (χ0v) is 12.0. The van der Waals surface area contributed by atoms with Gasteiger partial charge in [-0.15, -0.1) is 0 Å². The van der Waals surface area contributed by atoms with Crippen molar-refractivity contribution in [3.8, 4) is 0 Å². The van der Waals surface area contributed by atoms with Crippen LogP contribution in [0.25, 0.3) is 0 Å². The molecular formula is C14H28N2O2. The van der Waals surface area contributed by atoms with Crippen LogP contribution in [0, 0.1) is 5.92 Å². The Morgan fingerprint density at radius 1 is 1.39 bits per heavy atom. The molecule has 18 heavy (non-hydrogen) atoms. The van der Waals surface area contributed by atoms with Crippen molar-refractivity contribution in [3.63, 3.8) is 0 Å². The smallest absolute Gasteiger partial charge is 0.407 e. The molecular weight excluding hydrogens is 228 g/mol. The number of amides is 1. The summed E-state index contributed by atoms with van der Waals surface area (Å²) in [4.78, 5) is 13.1. The second kappa shape index (κ2) is 6.41. The van der Waals surface area contributed by atoms with Gasteiger partial charge < -0.3 is 15.0 Å². The Labute approximate surface area is 115 Å². The summed E-state index contributed by atoms with van der Waals surface area (Å²) in [5.74, 6) is 0.382. The van der Waals surface area contributed by atoms with Gasteiger partial charge in [0.2, 0.25) is 0 Å². The third-order valence-electron chi connectivity index (χ3n) is 3.10. The molecule has 0 atom stereocenters. The molecule has 4 heteroatoms. The SMILES string of the molecule is [2H]C([2H])([2H])N(C)C[C@H]1CC[C@H](NC(=O)OC(C)(C)C)CC1. The lowest BCUT2D eigenvalue weighted by Crippen LogP contribution is -2.41. The van der Waals surface area contributed by atoms with Gasteiger partial charge in [-0.05, 0) is 66.4 Å². The van der Waals surface area contributed by atoms with Gasteiger partial charge in [0, 0.05) is 16.7 Å². The van der Waals surface area contributed by atoms with E-state index in [1.807, 2.05) is 20.8 Å². The molecule has 1 aliphatic carbocycles. The molecule has 0 aromatic carbocycles. The Morgan fingerprint density at radius 3 is 2.50 bits per heavy atom. The lowest BCUT2D eigenvalue weighted by Gasteiger charge is -2.31.